The molecule has 0 unspecified atom stereocenters. The average Bonchev–Trinajstić information content (AvgIpc) is 4.08. The number of hydrogen-bond acceptors (Lipinski definition) is 7. The predicted octanol–water partition coefficient (Wildman–Crippen LogP) is 7.41. The molecule has 306 valence electrons. The Labute approximate surface area is 330 Å². The first-order valence-electron chi connectivity index (χ1n) is 22.5. The van der Waals surface area contributed by atoms with Gasteiger partial charge in [-0.05, 0) is 112 Å². The number of ketones is 4. The van der Waals surface area contributed by atoms with Crippen LogP contribution in [0.3, 0.4) is 0 Å². The Bertz CT molecular complexity index is 1530. The van der Waals surface area contributed by atoms with E-state index >= 15 is 4.79 Å². The second-order valence-corrected chi connectivity index (χ2v) is 21.0. The number of fused-ring (bicyclic) bond motifs is 1. The third kappa shape index (κ3) is 7.55. The first-order chi connectivity index (χ1) is 26.0. The Hall–Kier alpha value is -2.42. The van der Waals surface area contributed by atoms with Gasteiger partial charge in [0.1, 0.15) is 0 Å². The van der Waals surface area contributed by atoms with Gasteiger partial charge in [0.2, 0.25) is 17.6 Å². The predicted molar refractivity (Wildman–Crippen MR) is 212 cm³/mol. The van der Waals surface area contributed by atoms with Crippen LogP contribution in [0, 0.1) is 45.3 Å². The van der Waals surface area contributed by atoms with E-state index in [1.54, 1.807) is 0 Å². The van der Waals surface area contributed by atoms with Gasteiger partial charge in [-0.3, -0.25) is 33.7 Å². The molecule has 1 N–H and O–H groups in total. The fourth-order valence-corrected chi connectivity index (χ4v) is 12.5. The van der Waals surface area contributed by atoms with Crippen LogP contribution < -0.4 is 5.32 Å². The molecule has 7 rings (SSSR count). The van der Waals surface area contributed by atoms with Crippen molar-refractivity contribution < 1.29 is 28.8 Å². The maximum atomic E-state index is 15.2. The molecule has 0 aromatic carbocycles. The van der Waals surface area contributed by atoms with Crippen LogP contribution in [0.5, 0.6) is 0 Å². The van der Waals surface area contributed by atoms with Crippen LogP contribution in [-0.4, -0.2) is 82.0 Å². The molecule has 0 bridgehead atoms. The minimum absolute atomic E-state index is 0.0189. The van der Waals surface area contributed by atoms with Gasteiger partial charge >= 0.3 is 0 Å². The fraction of sp³-hybridized carbons (Fsp3) is 0.870. The summed E-state index contributed by atoms with van der Waals surface area (Å²) < 4.78 is 0. The molecule has 2 spiro atoms. The molecule has 5 aliphatic carbocycles. The van der Waals surface area contributed by atoms with Gasteiger partial charge in [-0.2, -0.15) is 0 Å². The zero-order valence-electron chi connectivity index (χ0n) is 35.0. The summed E-state index contributed by atoms with van der Waals surface area (Å²) in [6.07, 6.45) is 16.4. The molecule has 0 aromatic rings. The first-order valence-corrected chi connectivity index (χ1v) is 22.5. The van der Waals surface area contributed by atoms with Gasteiger partial charge in [0, 0.05) is 49.1 Å². The summed E-state index contributed by atoms with van der Waals surface area (Å²) in [6.45, 7) is 14.1. The van der Waals surface area contributed by atoms with Crippen molar-refractivity contribution in [2.24, 2.45) is 45.3 Å². The van der Waals surface area contributed by atoms with E-state index in [0.717, 1.165) is 96.4 Å². The summed E-state index contributed by atoms with van der Waals surface area (Å²) in [5.41, 5.74) is -0.679. The molecule has 0 radical (unpaired) electrons. The van der Waals surface area contributed by atoms with Gasteiger partial charge in [-0.15, -0.1) is 0 Å². The van der Waals surface area contributed by atoms with E-state index in [0.29, 0.717) is 37.8 Å². The standard InChI is InChI=1S/C46H71N3O6/c1-7-13-31(40(53)38(52)24-29-17-18-29)25-36(50)35-27-46(44(5,6)45(46)21-12-22-45)28-49(35)42(55)33(43(2,3)4)26-37(51)39(30-14-9-8-10-15-30)47-41(54)34-16-11-23-48(34)32-19-20-32/h29-35,39H,7-28H2,1-6H3,(H,47,54)/t31-,33-,34+,35+,39+,46-/m1/s1. The van der Waals surface area contributed by atoms with Crippen molar-refractivity contribution in [2.45, 2.75) is 194 Å². The number of Topliss-reactive ketones (excluding diaryl/α,β-unsaturated/α-hetero) is 4. The molecule has 2 saturated heterocycles. The van der Waals surface area contributed by atoms with E-state index in [-0.39, 0.29) is 76.6 Å². The van der Waals surface area contributed by atoms with Crippen molar-refractivity contribution >= 4 is 34.9 Å². The van der Waals surface area contributed by atoms with Crippen LogP contribution in [0.4, 0.5) is 0 Å². The summed E-state index contributed by atoms with van der Waals surface area (Å²) in [5.74, 6) is -2.09. The second-order valence-electron chi connectivity index (χ2n) is 21.0. The Morgan fingerprint density at radius 2 is 1.49 bits per heavy atom. The second kappa shape index (κ2) is 15.4. The van der Waals surface area contributed by atoms with Gasteiger partial charge in [0.25, 0.3) is 0 Å². The maximum Gasteiger partial charge on any atom is 0.237 e. The van der Waals surface area contributed by atoms with Crippen molar-refractivity contribution in [3.63, 3.8) is 0 Å². The third-order valence-corrected chi connectivity index (χ3v) is 16.5. The molecule has 9 nitrogen and oxygen atoms in total. The lowest BCUT2D eigenvalue weighted by Gasteiger charge is -2.37. The zero-order valence-corrected chi connectivity index (χ0v) is 35.0. The Kier molecular flexibility index (Phi) is 11.4. The lowest BCUT2D eigenvalue weighted by Crippen LogP contribution is -2.54. The van der Waals surface area contributed by atoms with E-state index < -0.39 is 35.1 Å². The molecule has 2 aliphatic heterocycles. The minimum atomic E-state index is -0.679. The highest BCUT2D eigenvalue weighted by molar-refractivity contribution is 6.38. The number of nitrogens with one attached hydrogen (secondary N) is 1. The van der Waals surface area contributed by atoms with Crippen molar-refractivity contribution in [1.82, 2.24) is 15.1 Å². The van der Waals surface area contributed by atoms with E-state index in [9.17, 15) is 24.0 Å². The lowest BCUT2D eigenvalue weighted by atomic mass is 9.73. The van der Waals surface area contributed by atoms with E-state index in [1.165, 1.54) is 0 Å². The number of likely N-dealkylation sites (tertiary alicyclic amines) is 2. The van der Waals surface area contributed by atoms with Gasteiger partial charge in [-0.25, -0.2) is 0 Å². The van der Waals surface area contributed by atoms with Gasteiger partial charge in [0.15, 0.2) is 17.3 Å². The summed E-state index contributed by atoms with van der Waals surface area (Å²) in [5, 5.41) is 3.29. The molecular formula is C46H71N3O6. The molecule has 7 aliphatic rings. The Balaban J connectivity index is 1.13. The quantitative estimate of drug-likeness (QED) is 0.153. The molecule has 9 heteroatoms. The first kappa shape index (κ1) is 40.8. The van der Waals surface area contributed by atoms with E-state index in [2.05, 4.69) is 24.1 Å². The van der Waals surface area contributed by atoms with E-state index in [4.69, 9.17) is 0 Å². The van der Waals surface area contributed by atoms with Crippen molar-refractivity contribution in [3.05, 3.63) is 0 Å². The number of hydrogen-bond donors (Lipinski definition) is 1. The van der Waals surface area contributed by atoms with Gasteiger partial charge < -0.3 is 10.2 Å². The average molecular weight is 762 g/mol. The monoisotopic (exact) mass is 762 g/mol. The molecule has 0 aromatic heterocycles. The van der Waals surface area contributed by atoms with Crippen molar-refractivity contribution in [2.75, 3.05) is 13.1 Å². The van der Waals surface area contributed by atoms with Crippen molar-refractivity contribution in [3.8, 4) is 0 Å². The number of carbonyl (C=O) groups excluding carboxylic acids is 6. The molecule has 2 heterocycles. The maximum absolute atomic E-state index is 15.2. The zero-order chi connectivity index (χ0) is 39.5. The largest absolute Gasteiger partial charge is 0.345 e. The van der Waals surface area contributed by atoms with Crippen molar-refractivity contribution in [1.29, 1.82) is 0 Å². The van der Waals surface area contributed by atoms with Crippen LogP contribution in [0.1, 0.15) is 170 Å². The number of carbonyl (C=O) groups is 6. The fourth-order valence-electron chi connectivity index (χ4n) is 12.5. The Morgan fingerprint density at radius 1 is 0.800 bits per heavy atom. The SMILES string of the molecule is CCC[C@H](CC(=O)[C@@H]1C[C@@]2(CN1C(=O)[C@@H](CC(=O)[C@@H](NC(=O)[C@@H]1CCCN1C1CC1)C1CCCCC1)C(C)(C)C)C(C)(C)C21CCC1)C(=O)C(=O)CC1CC1. The van der Waals surface area contributed by atoms with Crippen LogP contribution in [0.15, 0.2) is 0 Å². The molecule has 5 saturated carbocycles. The van der Waals surface area contributed by atoms with Gasteiger partial charge in [0.05, 0.1) is 18.1 Å². The highest BCUT2D eigenvalue weighted by atomic mass is 16.2. The third-order valence-electron chi connectivity index (χ3n) is 16.5. The number of rotatable bonds is 17. The smallest absolute Gasteiger partial charge is 0.237 e. The summed E-state index contributed by atoms with van der Waals surface area (Å²) in [7, 11) is 0. The molecule has 55 heavy (non-hydrogen) atoms. The highest BCUT2D eigenvalue weighted by Crippen LogP contribution is 2.88. The van der Waals surface area contributed by atoms with Crippen LogP contribution in [0.25, 0.3) is 0 Å². The van der Waals surface area contributed by atoms with Crippen LogP contribution in [0.2, 0.25) is 0 Å². The molecular weight excluding hydrogens is 691 g/mol. The van der Waals surface area contributed by atoms with Gasteiger partial charge in [-0.1, -0.05) is 73.6 Å². The lowest BCUT2D eigenvalue weighted by molar-refractivity contribution is -0.147. The van der Waals surface area contributed by atoms with Crippen LogP contribution in [-0.2, 0) is 28.8 Å². The summed E-state index contributed by atoms with van der Waals surface area (Å²) in [4.78, 5) is 89.1. The minimum Gasteiger partial charge on any atom is -0.345 e. The molecule has 7 fully saturated rings. The Morgan fingerprint density at radius 3 is 2.05 bits per heavy atom. The summed E-state index contributed by atoms with van der Waals surface area (Å²) >= 11 is 0. The van der Waals surface area contributed by atoms with Crippen LogP contribution >= 0.6 is 0 Å². The number of amides is 2. The highest BCUT2D eigenvalue weighted by Gasteiger charge is 2.85. The molecule has 6 atom stereocenters. The topological polar surface area (TPSA) is 121 Å². The normalized spacial score (nSPS) is 30.5. The molecule has 2 amide bonds. The summed E-state index contributed by atoms with van der Waals surface area (Å²) in [6, 6.07) is -1.00. The van der Waals surface area contributed by atoms with E-state index in [1.807, 2.05) is 32.6 Å². The number of nitrogens with zero attached hydrogens (tertiary/aromatic N) is 2.